The second-order valence-electron chi connectivity index (χ2n) is 10.4. The molecule has 1 aromatic carbocycles. The van der Waals surface area contributed by atoms with Gasteiger partial charge in [-0.05, 0) is 65.8 Å². The van der Waals surface area contributed by atoms with Crippen LogP contribution < -0.4 is 10.9 Å². The lowest BCUT2D eigenvalue weighted by molar-refractivity contribution is -0.113. The molecule has 3 fully saturated rings. The van der Waals surface area contributed by atoms with Crippen molar-refractivity contribution in [3.63, 3.8) is 0 Å². The Labute approximate surface area is 219 Å². The summed E-state index contributed by atoms with van der Waals surface area (Å²) in [6.07, 6.45) is 5.37. The van der Waals surface area contributed by atoms with E-state index in [4.69, 9.17) is 34.8 Å². The van der Waals surface area contributed by atoms with Gasteiger partial charge in [-0.25, -0.2) is 9.67 Å². The fraction of sp³-hybridized carbons (Fsp3) is 0.423. The Morgan fingerprint density at radius 3 is 2.57 bits per heavy atom. The fourth-order valence-corrected chi connectivity index (χ4v) is 6.54. The van der Waals surface area contributed by atoms with Crippen LogP contribution in [0.15, 0.2) is 47.5 Å². The van der Waals surface area contributed by atoms with E-state index < -0.39 is 5.56 Å². The number of hydrogen-bond acceptors (Lipinski definition) is 3. The first kappa shape index (κ1) is 24.4. The molecule has 3 aliphatic carbocycles. The van der Waals surface area contributed by atoms with Gasteiger partial charge in [-0.15, -0.1) is 0 Å². The first-order valence-electron chi connectivity index (χ1n) is 11.8. The molecule has 6 nitrogen and oxygen atoms in total. The Morgan fingerprint density at radius 1 is 1.17 bits per heavy atom. The minimum atomic E-state index is -0.442. The molecule has 2 heterocycles. The standard InChI is InChI=1S/C26H27Cl3N4O2/c1-14-19-8-16(26(19,2)3)9-21(14)31-24(34)18-13-32(12-15-4-7-23(29)30-11-15)33(25(18)35)22-6-5-17(27)10-20(22)28/h4-7,10-11,13-14,16,19,21H,8-9,12H2,1-3H3,(H,31,34)/t14-,16+,19-,21-/m1/s1. The van der Waals surface area contributed by atoms with Crippen molar-refractivity contribution in [1.29, 1.82) is 0 Å². The molecule has 184 valence electrons. The molecule has 3 saturated carbocycles. The fourth-order valence-electron chi connectivity index (χ4n) is 5.94. The molecule has 2 bridgehead atoms. The zero-order valence-electron chi connectivity index (χ0n) is 19.8. The van der Waals surface area contributed by atoms with E-state index in [9.17, 15) is 9.59 Å². The van der Waals surface area contributed by atoms with Crippen LogP contribution >= 0.6 is 34.8 Å². The van der Waals surface area contributed by atoms with E-state index in [2.05, 4.69) is 31.1 Å². The number of halogens is 3. The topological polar surface area (TPSA) is 68.9 Å². The van der Waals surface area contributed by atoms with Crippen LogP contribution in [0.5, 0.6) is 0 Å². The number of hydrogen-bond donors (Lipinski definition) is 1. The highest BCUT2D eigenvalue weighted by Crippen LogP contribution is 2.61. The zero-order chi connectivity index (χ0) is 25.1. The van der Waals surface area contributed by atoms with Gasteiger partial charge in [-0.3, -0.25) is 14.3 Å². The summed E-state index contributed by atoms with van der Waals surface area (Å²) >= 11 is 18.5. The smallest absolute Gasteiger partial charge is 0.284 e. The van der Waals surface area contributed by atoms with E-state index in [1.807, 2.05) is 6.07 Å². The lowest BCUT2D eigenvalue weighted by Crippen LogP contribution is -2.60. The Balaban J connectivity index is 1.49. The summed E-state index contributed by atoms with van der Waals surface area (Å²) < 4.78 is 3.08. The van der Waals surface area contributed by atoms with Crippen molar-refractivity contribution in [3.05, 3.63) is 79.4 Å². The third-order valence-corrected chi connectivity index (χ3v) is 8.91. The molecule has 1 amide bonds. The number of nitrogens with zero attached hydrogens (tertiary/aromatic N) is 3. The number of pyridine rings is 1. The van der Waals surface area contributed by atoms with E-state index in [-0.39, 0.29) is 17.5 Å². The van der Waals surface area contributed by atoms with Crippen LogP contribution in [0.3, 0.4) is 0 Å². The van der Waals surface area contributed by atoms with Gasteiger partial charge in [0.1, 0.15) is 10.7 Å². The number of rotatable bonds is 5. The summed E-state index contributed by atoms with van der Waals surface area (Å²) in [5.41, 5.74) is 1.20. The first-order valence-corrected chi connectivity index (χ1v) is 12.9. The number of carbonyl (C=O) groups is 1. The molecule has 3 aromatic rings. The van der Waals surface area contributed by atoms with Crippen molar-refractivity contribution in [2.75, 3.05) is 0 Å². The van der Waals surface area contributed by atoms with Gasteiger partial charge in [-0.1, -0.05) is 61.6 Å². The summed E-state index contributed by atoms with van der Waals surface area (Å²) in [4.78, 5) is 31.1. The molecule has 9 heteroatoms. The Kier molecular flexibility index (Phi) is 6.27. The second-order valence-corrected chi connectivity index (χ2v) is 11.6. The molecule has 0 saturated heterocycles. The van der Waals surface area contributed by atoms with Gasteiger partial charge in [0, 0.05) is 23.5 Å². The highest BCUT2D eigenvalue weighted by atomic mass is 35.5. The van der Waals surface area contributed by atoms with Gasteiger partial charge in [0.05, 0.1) is 17.3 Å². The zero-order valence-corrected chi connectivity index (χ0v) is 22.0. The van der Waals surface area contributed by atoms with Crippen molar-refractivity contribution in [3.8, 4) is 5.69 Å². The molecule has 6 rings (SSSR count). The Morgan fingerprint density at radius 2 is 1.94 bits per heavy atom. The van der Waals surface area contributed by atoms with Crippen molar-refractivity contribution in [2.45, 2.75) is 46.2 Å². The predicted molar refractivity (Wildman–Crippen MR) is 139 cm³/mol. The average Bonchev–Trinajstić information content (AvgIpc) is 3.12. The van der Waals surface area contributed by atoms with Gasteiger partial charge >= 0.3 is 0 Å². The lowest BCUT2D eigenvalue weighted by atomic mass is 9.45. The maximum atomic E-state index is 13.6. The van der Waals surface area contributed by atoms with E-state index in [1.165, 1.54) is 11.1 Å². The number of nitrogens with one attached hydrogen (secondary N) is 1. The molecule has 0 aliphatic heterocycles. The Bertz CT molecular complexity index is 1350. The summed E-state index contributed by atoms with van der Waals surface area (Å²) in [6, 6.07) is 8.46. The molecule has 35 heavy (non-hydrogen) atoms. The lowest BCUT2D eigenvalue weighted by Gasteiger charge is -2.62. The van der Waals surface area contributed by atoms with Gasteiger partial charge in [0.2, 0.25) is 0 Å². The quantitative estimate of drug-likeness (QED) is 0.419. The molecule has 0 spiro atoms. The van der Waals surface area contributed by atoms with Crippen LogP contribution in [0.4, 0.5) is 0 Å². The van der Waals surface area contributed by atoms with Gasteiger partial charge in [0.25, 0.3) is 11.5 Å². The van der Waals surface area contributed by atoms with Crippen molar-refractivity contribution in [1.82, 2.24) is 19.7 Å². The van der Waals surface area contributed by atoms with Crippen LogP contribution in [-0.2, 0) is 6.54 Å². The molecule has 3 aliphatic rings. The number of aromatic nitrogens is 3. The normalized spacial score (nSPS) is 24.6. The molecule has 0 unspecified atom stereocenters. The monoisotopic (exact) mass is 532 g/mol. The van der Waals surface area contributed by atoms with E-state index in [1.54, 1.807) is 41.3 Å². The third-order valence-electron chi connectivity index (χ3n) is 8.14. The summed E-state index contributed by atoms with van der Waals surface area (Å²) in [5.74, 6) is 1.17. The minimum Gasteiger partial charge on any atom is -0.349 e. The maximum Gasteiger partial charge on any atom is 0.284 e. The largest absolute Gasteiger partial charge is 0.349 e. The second kappa shape index (κ2) is 8.99. The van der Waals surface area contributed by atoms with Crippen LogP contribution in [0.1, 0.15) is 49.5 Å². The van der Waals surface area contributed by atoms with E-state index >= 15 is 0 Å². The van der Waals surface area contributed by atoms with Crippen LogP contribution in [0, 0.1) is 23.2 Å². The van der Waals surface area contributed by atoms with Gasteiger partial charge in [0.15, 0.2) is 0 Å². The highest BCUT2D eigenvalue weighted by Gasteiger charge is 2.56. The van der Waals surface area contributed by atoms with Crippen molar-refractivity contribution >= 4 is 40.7 Å². The van der Waals surface area contributed by atoms with Gasteiger partial charge in [-0.2, -0.15) is 0 Å². The van der Waals surface area contributed by atoms with Crippen LogP contribution in [-0.4, -0.2) is 26.3 Å². The molecule has 2 aromatic heterocycles. The Hall–Kier alpha value is -2.28. The average molecular weight is 534 g/mol. The van der Waals surface area contributed by atoms with E-state index in [0.717, 1.165) is 12.0 Å². The maximum absolute atomic E-state index is 13.6. The predicted octanol–water partition coefficient (Wildman–Crippen LogP) is 5.84. The van der Waals surface area contributed by atoms with Gasteiger partial charge < -0.3 is 5.32 Å². The first-order chi connectivity index (χ1) is 16.6. The van der Waals surface area contributed by atoms with Crippen molar-refractivity contribution < 1.29 is 4.79 Å². The van der Waals surface area contributed by atoms with Crippen molar-refractivity contribution in [2.24, 2.45) is 23.2 Å². The SMILES string of the molecule is C[C@@H]1[C@H]2C[C@@H](C[C@H]1NC(=O)c1cn(Cc3ccc(Cl)nc3)n(-c3ccc(Cl)cc3Cl)c1=O)C2(C)C. The van der Waals surface area contributed by atoms with Crippen LogP contribution in [0.25, 0.3) is 5.69 Å². The molecular weight excluding hydrogens is 507 g/mol. The number of carbonyl (C=O) groups excluding carboxylic acids is 1. The molecule has 0 radical (unpaired) electrons. The highest BCUT2D eigenvalue weighted by molar-refractivity contribution is 6.35. The number of fused-ring (bicyclic) bond motifs is 2. The number of benzene rings is 1. The van der Waals surface area contributed by atoms with Crippen LogP contribution in [0.2, 0.25) is 15.2 Å². The summed E-state index contributed by atoms with van der Waals surface area (Å²) in [7, 11) is 0. The third kappa shape index (κ3) is 4.30. The minimum absolute atomic E-state index is 0.0510. The molecule has 1 N–H and O–H groups in total. The van der Waals surface area contributed by atoms with E-state index in [0.29, 0.717) is 50.6 Å². The number of amides is 1. The molecular formula is C26H27Cl3N4O2. The summed E-state index contributed by atoms with van der Waals surface area (Å²) in [5, 5.41) is 4.30. The molecule has 4 atom stereocenters. The summed E-state index contributed by atoms with van der Waals surface area (Å²) in [6.45, 7) is 7.14.